The van der Waals surface area contributed by atoms with E-state index in [1.54, 1.807) is 21.1 Å². The number of esters is 2. The van der Waals surface area contributed by atoms with E-state index in [1.165, 1.54) is 38.5 Å². The minimum absolute atomic E-state index is 0.0387. The van der Waals surface area contributed by atoms with Crippen LogP contribution in [-0.4, -0.2) is 75.5 Å². The van der Waals surface area contributed by atoms with Crippen LogP contribution in [0.5, 0.6) is 0 Å². The first kappa shape index (κ1) is 42.8. The molecule has 0 fully saturated rings. The van der Waals surface area contributed by atoms with Crippen molar-refractivity contribution in [2.75, 3.05) is 41.0 Å². The van der Waals surface area contributed by atoms with Crippen LogP contribution in [0.1, 0.15) is 142 Å². The predicted octanol–water partition coefficient (Wildman–Crippen LogP) is 7.24. The number of nitrogens with zero attached hydrogens (tertiary/aromatic N) is 1. The Balaban J connectivity index is 4.46. The molecule has 0 bridgehead atoms. The van der Waals surface area contributed by atoms with E-state index < -0.39 is 18.1 Å². The van der Waals surface area contributed by atoms with Gasteiger partial charge in [-0.1, -0.05) is 109 Å². The summed E-state index contributed by atoms with van der Waals surface area (Å²) in [5.41, 5.74) is 0. The molecule has 0 spiro atoms. The Morgan fingerprint density at radius 1 is 0.689 bits per heavy atom. The number of carbonyl (C=O) groups excluding carboxylic acids is 3. The van der Waals surface area contributed by atoms with Gasteiger partial charge in [-0.05, 0) is 38.5 Å². The van der Waals surface area contributed by atoms with Crippen molar-refractivity contribution < 1.29 is 38.2 Å². The molecule has 0 aromatic heterocycles. The van der Waals surface area contributed by atoms with E-state index in [9.17, 15) is 19.5 Å². The molecule has 0 amide bonds. The molecular weight excluding hydrogens is 570 g/mol. The van der Waals surface area contributed by atoms with E-state index in [0.717, 1.165) is 70.6 Å². The minimum atomic E-state index is -1.13. The highest BCUT2D eigenvalue weighted by Crippen LogP contribution is 2.13. The third-order valence-corrected chi connectivity index (χ3v) is 7.85. The maximum Gasteiger partial charge on any atom is 0.306 e. The smallest absolute Gasteiger partial charge is 0.306 e. The van der Waals surface area contributed by atoms with Gasteiger partial charge in [-0.15, -0.1) is 0 Å². The van der Waals surface area contributed by atoms with E-state index in [-0.39, 0.29) is 42.7 Å². The molecule has 0 aliphatic heterocycles. The monoisotopic (exact) mass is 637 g/mol. The molecule has 0 saturated heterocycles. The summed E-state index contributed by atoms with van der Waals surface area (Å²) in [4.78, 5) is 36.5. The Morgan fingerprint density at radius 2 is 1.24 bits per heavy atom. The Labute approximate surface area is 275 Å². The number of aliphatic carboxylic acids is 1. The lowest BCUT2D eigenvalue weighted by molar-refractivity contribution is -0.889. The van der Waals surface area contributed by atoms with Gasteiger partial charge in [-0.3, -0.25) is 9.59 Å². The zero-order valence-electron chi connectivity index (χ0n) is 29.5. The lowest BCUT2D eigenvalue weighted by Gasteiger charge is -2.34. The van der Waals surface area contributed by atoms with Crippen molar-refractivity contribution in [3.63, 3.8) is 0 Å². The number of allylic oxidation sites excluding steroid dienone is 4. The van der Waals surface area contributed by atoms with E-state index in [0.29, 0.717) is 12.8 Å². The van der Waals surface area contributed by atoms with Crippen molar-refractivity contribution in [1.82, 2.24) is 0 Å². The number of unbranched alkanes of at least 4 members (excludes halogenated alkanes) is 13. The third kappa shape index (κ3) is 27.8. The molecule has 0 N–H and O–H groups in total. The van der Waals surface area contributed by atoms with Gasteiger partial charge in [0, 0.05) is 19.3 Å². The normalized spacial score (nSPS) is 13.4. The van der Waals surface area contributed by atoms with E-state index in [2.05, 4.69) is 38.2 Å². The summed E-state index contributed by atoms with van der Waals surface area (Å²) in [6, 6.07) is -0.722. The fraction of sp³-hybridized carbons (Fsp3) is 0.811. The summed E-state index contributed by atoms with van der Waals surface area (Å²) in [6.45, 7) is 4.49. The highest BCUT2D eigenvalue weighted by atomic mass is 16.6. The molecule has 0 aliphatic rings. The number of quaternary nitrogens is 1. The van der Waals surface area contributed by atoms with Gasteiger partial charge in [0.2, 0.25) is 0 Å². The van der Waals surface area contributed by atoms with Crippen molar-refractivity contribution in [3.05, 3.63) is 24.3 Å². The molecule has 0 aliphatic carbocycles. The van der Waals surface area contributed by atoms with Crippen molar-refractivity contribution in [2.45, 2.75) is 154 Å². The number of carboxylic acid groups (broad SMARTS) is 1. The summed E-state index contributed by atoms with van der Waals surface area (Å²) in [5, 5.41) is 11.5. The van der Waals surface area contributed by atoms with Crippen LogP contribution in [0.3, 0.4) is 0 Å². The molecule has 0 aromatic rings. The molecule has 45 heavy (non-hydrogen) atoms. The first-order valence-electron chi connectivity index (χ1n) is 17.9. The van der Waals surface area contributed by atoms with Crippen LogP contribution in [0.2, 0.25) is 0 Å². The lowest BCUT2D eigenvalue weighted by Crippen LogP contribution is -2.55. The van der Waals surface area contributed by atoms with Crippen LogP contribution in [-0.2, 0) is 28.6 Å². The molecule has 0 saturated carbocycles. The maximum absolute atomic E-state index is 12.6. The van der Waals surface area contributed by atoms with Crippen LogP contribution in [0, 0.1) is 0 Å². The highest BCUT2D eigenvalue weighted by Gasteiger charge is 2.25. The van der Waals surface area contributed by atoms with Gasteiger partial charge in [0.05, 0.1) is 40.3 Å². The molecule has 8 nitrogen and oxygen atoms in total. The summed E-state index contributed by atoms with van der Waals surface area (Å²) >= 11 is 0. The Hall–Kier alpha value is -2.19. The van der Waals surface area contributed by atoms with E-state index in [4.69, 9.17) is 14.2 Å². The van der Waals surface area contributed by atoms with Crippen LogP contribution in [0.25, 0.3) is 0 Å². The summed E-state index contributed by atoms with van der Waals surface area (Å²) in [7, 11) is 5.38. The molecule has 0 aromatic carbocycles. The maximum atomic E-state index is 12.6. The minimum Gasteiger partial charge on any atom is -0.544 e. The van der Waals surface area contributed by atoms with Gasteiger partial charge in [0.15, 0.2) is 6.10 Å². The largest absolute Gasteiger partial charge is 0.544 e. The second-order valence-corrected chi connectivity index (χ2v) is 13.1. The van der Waals surface area contributed by atoms with Gasteiger partial charge in [0.1, 0.15) is 12.6 Å². The molecule has 0 rings (SSSR count). The zero-order chi connectivity index (χ0) is 33.6. The quantitative estimate of drug-likeness (QED) is 0.0342. The molecular formula is C37H67NO7. The Kier molecular flexibility index (Phi) is 27.8. The average molecular weight is 638 g/mol. The van der Waals surface area contributed by atoms with Gasteiger partial charge in [0.25, 0.3) is 0 Å². The molecule has 262 valence electrons. The Morgan fingerprint density at radius 3 is 1.82 bits per heavy atom. The molecule has 0 radical (unpaired) electrons. The van der Waals surface area contributed by atoms with Gasteiger partial charge in [-0.25, -0.2) is 0 Å². The standard InChI is InChI=1S/C37H67NO7/c1-6-8-10-12-14-16-17-18-20-21-23-25-27-35(39)44-32-33(31-43-30-29-34(37(41)42)38(3,4)5)45-36(40)28-26-24-22-19-15-13-11-9-7-2/h8,10,14,16,33-34H,6-7,9,11-13,15,17-32H2,1-5H3/b10-8+,16-14+. The SMILES string of the molecule is CC/C=C/C/C=C/CCCCCCCC(=O)OCC(COCCC(C(=O)[O-])[N+](C)(C)C)OC(=O)CCCCCCCCCCC. The van der Waals surface area contributed by atoms with Crippen LogP contribution >= 0.6 is 0 Å². The van der Waals surface area contributed by atoms with Crippen molar-refractivity contribution >= 4 is 17.9 Å². The second kappa shape index (κ2) is 29.2. The van der Waals surface area contributed by atoms with Gasteiger partial charge < -0.3 is 28.6 Å². The number of hydrogen-bond acceptors (Lipinski definition) is 7. The van der Waals surface area contributed by atoms with Crippen LogP contribution < -0.4 is 5.11 Å². The highest BCUT2D eigenvalue weighted by molar-refractivity contribution is 5.70. The summed E-state index contributed by atoms with van der Waals surface area (Å²) < 4.78 is 17.0. The number of carbonyl (C=O) groups is 3. The Bertz CT molecular complexity index is 803. The average Bonchev–Trinajstić information content (AvgIpc) is 2.98. The molecule has 0 heterocycles. The van der Waals surface area contributed by atoms with Gasteiger partial charge in [-0.2, -0.15) is 0 Å². The van der Waals surface area contributed by atoms with Crippen LogP contribution in [0.15, 0.2) is 24.3 Å². The fourth-order valence-corrected chi connectivity index (χ4v) is 5.05. The van der Waals surface area contributed by atoms with Crippen LogP contribution in [0.4, 0.5) is 0 Å². The zero-order valence-corrected chi connectivity index (χ0v) is 29.5. The lowest BCUT2D eigenvalue weighted by atomic mass is 10.1. The topological polar surface area (TPSA) is 102 Å². The fourth-order valence-electron chi connectivity index (χ4n) is 5.05. The van der Waals surface area contributed by atoms with Gasteiger partial charge >= 0.3 is 11.9 Å². The predicted molar refractivity (Wildman–Crippen MR) is 180 cm³/mol. The summed E-state index contributed by atoms with van der Waals surface area (Å²) in [5.74, 6) is -1.76. The first-order chi connectivity index (χ1) is 21.6. The number of rotatable bonds is 31. The van der Waals surface area contributed by atoms with E-state index >= 15 is 0 Å². The summed E-state index contributed by atoms with van der Waals surface area (Å²) in [6.07, 6.45) is 27.8. The number of carboxylic acids is 1. The second-order valence-electron chi connectivity index (χ2n) is 13.1. The molecule has 2 unspecified atom stereocenters. The third-order valence-electron chi connectivity index (χ3n) is 7.85. The number of ether oxygens (including phenoxy) is 3. The first-order valence-corrected chi connectivity index (χ1v) is 17.9. The van der Waals surface area contributed by atoms with E-state index in [1.807, 2.05) is 0 Å². The number of likely N-dealkylation sites (N-methyl/N-ethyl adjacent to an activating group) is 1. The molecule has 8 heteroatoms. The van der Waals surface area contributed by atoms with Crippen molar-refractivity contribution in [2.24, 2.45) is 0 Å². The van der Waals surface area contributed by atoms with Crippen molar-refractivity contribution in [1.29, 1.82) is 0 Å². The van der Waals surface area contributed by atoms with Crippen molar-refractivity contribution in [3.8, 4) is 0 Å². The number of hydrogen-bond donors (Lipinski definition) is 0. The molecule has 2 atom stereocenters.